The fraction of sp³-hybridized carbons (Fsp3) is 0.167. The highest BCUT2D eigenvalue weighted by molar-refractivity contribution is 9.10. The van der Waals surface area contributed by atoms with E-state index in [0.717, 1.165) is 11.3 Å². The average Bonchev–Trinajstić information content (AvgIpc) is 2.91. The van der Waals surface area contributed by atoms with E-state index in [-0.39, 0.29) is 10.8 Å². The van der Waals surface area contributed by atoms with Crippen LogP contribution in [0.15, 0.2) is 39.0 Å². The molecule has 8 heteroatoms. The first-order chi connectivity index (χ1) is 9.46. The minimum Gasteiger partial charge on any atom is -0.497 e. The third-order valence-corrected chi connectivity index (χ3v) is 6.09. The summed E-state index contributed by atoms with van der Waals surface area (Å²) in [5, 5.41) is 8.99. The number of ether oxygens (including phenoxy) is 1. The highest BCUT2D eigenvalue weighted by Gasteiger charge is 2.18. The molecule has 0 bridgehead atoms. The van der Waals surface area contributed by atoms with Crippen LogP contribution in [-0.2, 0) is 16.6 Å². The van der Waals surface area contributed by atoms with Crippen molar-refractivity contribution in [3.05, 3.63) is 39.7 Å². The van der Waals surface area contributed by atoms with Crippen LogP contribution in [0.4, 0.5) is 5.69 Å². The number of aliphatic hydroxyl groups excluding tert-OH is 1. The van der Waals surface area contributed by atoms with E-state index in [2.05, 4.69) is 20.7 Å². The van der Waals surface area contributed by atoms with Gasteiger partial charge < -0.3 is 9.84 Å². The number of anilines is 1. The zero-order chi connectivity index (χ0) is 14.8. The maximum absolute atomic E-state index is 12.2. The molecule has 108 valence electrons. The molecule has 0 atom stereocenters. The topological polar surface area (TPSA) is 75.6 Å². The summed E-state index contributed by atoms with van der Waals surface area (Å²) < 4.78 is 32.8. The molecule has 5 nitrogen and oxygen atoms in total. The van der Waals surface area contributed by atoms with Gasteiger partial charge in [-0.15, -0.1) is 11.3 Å². The Kier molecular flexibility index (Phi) is 4.69. The van der Waals surface area contributed by atoms with Crippen LogP contribution >= 0.6 is 27.3 Å². The van der Waals surface area contributed by atoms with Gasteiger partial charge in [0.1, 0.15) is 9.96 Å². The molecule has 0 saturated carbocycles. The van der Waals surface area contributed by atoms with Crippen LogP contribution in [0.5, 0.6) is 5.75 Å². The average molecular weight is 378 g/mol. The molecule has 0 saturated heterocycles. The largest absolute Gasteiger partial charge is 0.497 e. The predicted molar refractivity (Wildman–Crippen MR) is 81.7 cm³/mol. The number of methoxy groups -OCH3 is 1. The minimum atomic E-state index is -3.68. The van der Waals surface area contributed by atoms with Crippen molar-refractivity contribution in [3.63, 3.8) is 0 Å². The Morgan fingerprint density at radius 1 is 1.35 bits per heavy atom. The van der Waals surface area contributed by atoms with E-state index in [0.29, 0.717) is 20.8 Å². The van der Waals surface area contributed by atoms with E-state index in [1.54, 1.807) is 24.3 Å². The van der Waals surface area contributed by atoms with Gasteiger partial charge in [-0.2, -0.15) is 0 Å². The number of nitrogens with one attached hydrogen (secondary N) is 1. The van der Waals surface area contributed by atoms with E-state index in [1.165, 1.54) is 13.2 Å². The highest BCUT2D eigenvalue weighted by atomic mass is 79.9. The number of aliphatic hydroxyl groups is 1. The maximum Gasteiger partial charge on any atom is 0.271 e. The van der Waals surface area contributed by atoms with Crippen LogP contribution < -0.4 is 9.46 Å². The lowest BCUT2D eigenvalue weighted by atomic mass is 10.3. The highest BCUT2D eigenvalue weighted by Crippen LogP contribution is 2.30. The van der Waals surface area contributed by atoms with Gasteiger partial charge in [0.2, 0.25) is 0 Å². The first-order valence-corrected chi connectivity index (χ1v) is 8.61. The standard InChI is InChI=1S/C12H12BrNO4S2/c1-18-8-2-4-10(13)11(6-8)14-20(16,17)12-5-3-9(7-15)19-12/h2-6,14-15H,7H2,1H3. The van der Waals surface area contributed by atoms with Crippen LogP contribution in [0.2, 0.25) is 0 Å². The monoisotopic (exact) mass is 377 g/mol. The van der Waals surface area contributed by atoms with Gasteiger partial charge in [-0.3, -0.25) is 4.72 Å². The molecule has 20 heavy (non-hydrogen) atoms. The summed E-state index contributed by atoms with van der Waals surface area (Å²) in [6.45, 7) is -0.178. The fourth-order valence-electron chi connectivity index (χ4n) is 1.49. The maximum atomic E-state index is 12.2. The number of thiophene rings is 1. The number of benzene rings is 1. The van der Waals surface area contributed by atoms with Crippen molar-refractivity contribution in [1.82, 2.24) is 0 Å². The molecule has 2 aromatic rings. The van der Waals surface area contributed by atoms with Crippen LogP contribution in [0.1, 0.15) is 4.88 Å². The molecule has 1 aromatic carbocycles. The van der Waals surface area contributed by atoms with Gasteiger partial charge in [-0.05, 0) is 40.2 Å². The molecule has 0 fully saturated rings. The quantitative estimate of drug-likeness (QED) is 0.839. The molecule has 0 aliphatic carbocycles. The van der Waals surface area contributed by atoms with Crippen molar-refractivity contribution in [1.29, 1.82) is 0 Å². The second-order valence-corrected chi connectivity index (χ2v) is 7.76. The Labute approximate surface area is 129 Å². The Hall–Kier alpha value is -1.09. The van der Waals surface area contributed by atoms with Gasteiger partial charge in [0.05, 0.1) is 19.4 Å². The molecule has 1 aromatic heterocycles. The molecule has 2 rings (SSSR count). The number of hydrogen-bond acceptors (Lipinski definition) is 5. The Balaban J connectivity index is 2.32. The number of hydrogen-bond donors (Lipinski definition) is 2. The normalized spacial score (nSPS) is 11.3. The number of rotatable bonds is 5. The summed E-state index contributed by atoms with van der Waals surface area (Å²) in [5.41, 5.74) is 0.392. The van der Waals surface area contributed by atoms with E-state index in [4.69, 9.17) is 9.84 Å². The summed E-state index contributed by atoms with van der Waals surface area (Å²) in [4.78, 5) is 0.593. The summed E-state index contributed by atoms with van der Waals surface area (Å²) in [6, 6.07) is 8.05. The minimum absolute atomic E-state index is 0.149. The summed E-state index contributed by atoms with van der Waals surface area (Å²) in [6.07, 6.45) is 0. The van der Waals surface area contributed by atoms with Gasteiger partial charge >= 0.3 is 0 Å². The van der Waals surface area contributed by atoms with Crippen LogP contribution in [0.3, 0.4) is 0 Å². The molecule has 1 heterocycles. The van der Waals surface area contributed by atoms with Gasteiger partial charge in [-0.25, -0.2) is 8.42 Å². The molecule has 0 aliphatic heterocycles. The SMILES string of the molecule is COc1ccc(Br)c(NS(=O)(=O)c2ccc(CO)s2)c1. The lowest BCUT2D eigenvalue weighted by molar-refractivity contribution is 0.285. The zero-order valence-electron chi connectivity index (χ0n) is 10.5. The zero-order valence-corrected chi connectivity index (χ0v) is 13.7. The van der Waals surface area contributed by atoms with Gasteiger partial charge in [0.15, 0.2) is 0 Å². The smallest absolute Gasteiger partial charge is 0.271 e. The summed E-state index contributed by atoms with van der Waals surface area (Å²) in [7, 11) is -2.17. The number of sulfonamides is 1. The van der Waals surface area contributed by atoms with Crippen molar-refractivity contribution in [3.8, 4) is 5.75 Å². The van der Waals surface area contributed by atoms with Crippen molar-refractivity contribution in [2.45, 2.75) is 10.8 Å². The molecule has 0 spiro atoms. The molecule has 0 unspecified atom stereocenters. The molecule has 0 amide bonds. The van der Waals surface area contributed by atoms with Gasteiger partial charge in [-0.1, -0.05) is 0 Å². The lowest BCUT2D eigenvalue weighted by Gasteiger charge is -2.10. The molecular formula is C12H12BrNO4S2. The second kappa shape index (κ2) is 6.13. The third-order valence-electron chi connectivity index (χ3n) is 2.48. The van der Waals surface area contributed by atoms with E-state index >= 15 is 0 Å². The molecule has 0 radical (unpaired) electrons. The van der Waals surface area contributed by atoms with E-state index in [9.17, 15) is 8.42 Å². The van der Waals surface area contributed by atoms with Crippen LogP contribution in [0, 0.1) is 0 Å². The number of halogens is 1. The fourth-order valence-corrected chi connectivity index (χ4v) is 4.26. The van der Waals surface area contributed by atoms with Gasteiger partial charge in [0, 0.05) is 15.4 Å². The Morgan fingerprint density at radius 2 is 2.10 bits per heavy atom. The van der Waals surface area contributed by atoms with Gasteiger partial charge in [0.25, 0.3) is 10.0 Å². The second-order valence-electron chi connectivity index (χ2n) is 3.83. The first-order valence-electron chi connectivity index (χ1n) is 5.52. The van der Waals surface area contributed by atoms with E-state index < -0.39 is 10.0 Å². The summed E-state index contributed by atoms with van der Waals surface area (Å²) in [5.74, 6) is 0.549. The first kappa shape index (κ1) is 15.3. The van der Waals surface area contributed by atoms with E-state index in [1.807, 2.05) is 0 Å². The van der Waals surface area contributed by atoms with Crippen LogP contribution in [-0.4, -0.2) is 20.6 Å². The lowest BCUT2D eigenvalue weighted by Crippen LogP contribution is -2.11. The molecule has 0 aliphatic rings. The summed E-state index contributed by atoms with van der Waals surface area (Å²) >= 11 is 4.31. The third kappa shape index (κ3) is 3.32. The van der Waals surface area contributed by atoms with Crippen molar-refractivity contribution in [2.75, 3.05) is 11.8 Å². The molecular weight excluding hydrogens is 366 g/mol. The molecule has 2 N–H and O–H groups in total. The van der Waals surface area contributed by atoms with Crippen molar-refractivity contribution < 1.29 is 18.3 Å². The van der Waals surface area contributed by atoms with Crippen molar-refractivity contribution in [2.24, 2.45) is 0 Å². The Morgan fingerprint density at radius 3 is 2.70 bits per heavy atom. The van der Waals surface area contributed by atoms with Crippen molar-refractivity contribution >= 4 is 43.0 Å². The Bertz CT molecular complexity index is 712. The predicted octanol–water partition coefficient (Wildman–Crippen LogP) is 2.81. The van der Waals surface area contributed by atoms with Crippen LogP contribution in [0.25, 0.3) is 0 Å².